The molecule has 1 aromatic rings. The molecule has 1 aliphatic rings. The maximum absolute atomic E-state index is 11.8. The van der Waals surface area contributed by atoms with E-state index in [9.17, 15) is 8.42 Å². The number of sulfone groups is 1. The molecule has 1 aromatic carbocycles. The van der Waals surface area contributed by atoms with Gasteiger partial charge >= 0.3 is 0 Å². The minimum Gasteiger partial charge on any atom is -0.493 e. The third-order valence-corrected chi connectivity index (χ3v) is 4.70. The van der Waals surface area contributed by atoms with Crippen molar-refractivity contribution in [3.8, 4) is 5.75 Å². The number of benzene rings is 1. The summed E-state index contributed by atoms with van der Waals surface area (Å²) in [5.74, 6) is 0.731. The van der Waals surface area contributed by atoms with Crippen LogP contribution in [0.1, 0.15) is 11.1 Å². The molecule has 0 amide bonds. The largest absolute Gasteiger partial charge is 0.493 e. The number of nitrogens with two attached hydrogens (primary N) is 1. The first-order valence-electron chi connectivity index (χ1n) is 5.36. The molecule has 2 rings (SSSR count). The first kappa shape index (κ1) is 12.9. The van der Waals surface area contributed by atoms with E-state index in [4.69, 9.17) is 10.5 Å². The molecule has 0 spiro atoms. The average molecular weight is 320 g/mol. The Balaban J connectivity index is 2.34. The number of hydrogen-bond acceptors (Lipinski definition) is 4. The molecule has 0 atom stereocenters. The topological polar surface area (TPSA) is 69.4 Å². The molecular formula is C11H14BrNO3S. The first-order valence-corrected chi connectivity index (χ1v) is 7.98. The van der Waals surface area contributed by atoms with E-state index in [1.807, 2.05) is 6.07 Å². The summed E-state index contributed by atoms with van der Waals surface area (Å²) in [7, 11) is -3.15. The van der Waals surface area contributed by atoms with Crippen LogP contribution in [0.2, 0.25) is 0 Å². The second-order valence-corrected chi connectivity index (χ2v) is 7.13. The number of halogens is 1. The van der Waals surface area contributed by atoms with E-state index >= 15 is 0 Å². The molecule has 0 aromatic heterocycles. The van der Waals surface area contributed by atoms with Crippen LogP contribution in [0.3, 0.4) is 0 Å². The first-order chi connectivity index (χ1) is 8.02. The molecule has 0 radical (unpaired) electrons. The third-order valence-electron chi connectivity index (χ3n) is 2.63. The Labute approximate surface area is 109 Å². The fourth-order valence-corrected chi connectivity index (χ4v) is 3.69. The number of fused-ring (bicyclic) bond motifs is 1. The van der Waals surface area contributed by atoms with E-state index in [-0.39, 0.29) is 18.1 Å². The molecule has 1 aliphatic heterocycles. The van der Waals surface area contributed by atoms with E-state index in [0.717, 1.165) is 27.8 Å². The predicted molar refractivity (Wildman–Crippen MR) is 69.9 cm³/mol. The summed E-state index contributed by atoms with van der Waals surface area (Å²) in [5, 5.41) is 0. The summed E-state index contributed by atoms with van der Waals surface area (Å²) in [5.41, 5.74) is 7.08. The van der Waals surface area contributed by atoms with Crippen LogP contribution in [0.25, 0.3) is 0 Å². The lowest BCUT2D eigenvalue weighted by atomic mass is 10.1. The summed E-state index contributed by atoms with van der Waals surface area (Å²) in [6, 6.07) is 3.78. The summed E-state index contributed by atoms with van der Waals surface area (Å²) in [4.78, 5) is 0. The van der Waals surface area contributed by atoms with Crippen LogP contribution in [-0.2, 0) is 22.0 Å². The zero-order chi connectivity index (χ0) is 12.5. The second-order valence-electron chi connectivity index (χ2n) is 4.03. The molecule has 0 bridgehead atoms. The highest BCUT2D eigenvalue weighted by Gasteiger charge is 2.21. The van der Waals surface area contributed by atoms with E-state index in [1.165, 1.54) is 0 Å². The second kappa shape index (κ2) is 4.96. The Kier molecular flexibility index (Phi) is 3.75. The Hall–Kier alpha value is -0.590. The highest BCUT2D eigenvalue weighted by molar-refractivity contribution is 9.10. The van der Waals surface area contributed by atoms with E-state index in [0.29, 0.717) is 6.61 Å². The third kappa shape index (κ3) is 3.00. The fourth-order valence-electron chi connectivity index (χ4n) is 1.94. The Morgan fingerprint density at radius 2 is 2.18 bits per heavy atom. The van der Waals surface area contributed by atoms with Crippen LogP contribution in [0, 0.1) is 0 Å². The van der Waals surface area contributed by atoms with Gasteiger partial charge in [0, 0.05) is 23.0 Å². The van der Waals surface area contributed by atoms with Crippen LogP contribution in [0.4, 0.5) is 0 Å². The monoisotopic (exact) mass is 319 g/mol. The maximum atomic E-state index is 11.8. The summed E-state index contributed by atoms with van der Waals surface area (Å²) >= 11 is 3.39. The summed E-state index contributed by atoms with van der Waals surface area (Å²) in [6.07, 6.45) is 0.832. The van der Waals surface area contributed by atoms with Crippen molar-refractivity contribution in [2.75, 3.05) is 18.9 Å². The normalized spacial score (nSPS) is 14.5. The molecular weight excluding hydrogens is 306 g/mol. The van der Waals surface area contributed by atoms with E-state index in [1.54, 1.807) is 6.07 Å². The lowest BCUT2D eigenvalue weighted by Crippen LogP contribution is -2.17. The van der Waals surface area contributed by atoms with Gasteiger partial charge in [0.2, 0.25) is 0 Å². The molecule has 0 aliphatic carbocycles. The van der Waals surface area contributed by atoms with Crippen LogP contribution in [0.15, 0.2) is 16.6 Å². The highest BCUT2D eigenvalue weighted by atomic mass is 79.9. The zero-order valence-electron chi connectivity index (χ0n) is 9.28. The molecule has 0 unspecified atom stereocenters. The van der Waals surface area contributed by atoms with E-state index < -0.39 is 9.84 Å². The Morgan fingerprint density at radius 3 is 2.88 bits per heavy atom. The molecule has 94 valence electrons. The van der Waals surface area contributed by atoms with Crippen molar-refractivity contribution in [1.29, 1.82) is 0 Å². The smallest absolute Gasteiger partial charge is 0.155 e. The van der Waals surface area contributed by atoms with Crippen molar-refractivity contribution in [3.05, 3.63) is 27.7 Å². The molecule has 6 heteroatoms. The van der Waals surface area contributed by atoms with Gasteiger partial charge in [-0.1, -0.05) is 15.9 Å². The fraction of sp³-hybridized carbons (Fsp3) is 0.455. The summed E-state index contributed by atoms with van der Waals surface area (Å²) in [6.45, 7) is 0.773. The van der Waals surface area contributed by atoms with Gasteiger partial charge in [-0.3, -0.25) is 0 Å². The number of hydrogen-bond donors (Lipinski definition) is 1. The van der Waals surface area contributed by atoms with Crippen molar-refractivity contribution in [2.45, 2.75) is 12.2 Å². The molecule has 1 heterocycles. The lowest BCUT2D eigenvalue weighted by Gasteiger charge is -2.09. The molecule has 2 N–H and O–H groups in total. The molecule has 0 fully saturated rings. The molecule has 0 saturated carbocycles. The van der Waals surface area contributed by atoms with Crippen molar-refractivity contribution in [3.63, 3.8) is 0 Å². The van der Waals surface area contributed by atoms with Crippen molar-refractivity contribution in [1.82, 2.24) is 0 Å². The van der Waals surface area contributed by atoms with Crippen LogP contribution in [0.5, 0.6) is 5.75 Å². The van der Waals surface area contributed by atoms with E-state index in [2.05, 4.69) is 15.9 Å². The Bertz CT molecular complexity index is 528. The SMILES string of the molecule is NCCS(=O)(=O)Cc1cc(Br)cc2c1OCC2. The minimum absolute atomic E-state index is 0.00796. The van der Waals surface area contributed by atoms with Gasteiger partial charge in [0.15, 0.2) is 9.84 Å². The van der Waals surface area contributed by atoms with Gasteiger partial charge in [-0.2, -0.15) is 0 Å². The van der Waals surface area contributed by atoms with Crippen LogP contribution >= 0.6 is 15.9 Å². The van der Waals surface area contributed by atoms with Crippen molar-refractivity contribution < 1.29 is 13.2 Å². The lowest BCUT2D eigenvalue weighted by molar-refractivity contribution is 0.354. The quantitative estimate of drug-likeness (QED) is 0.907. The molecule has 4 nitrogen and oxygen atoms in total. The number of rotatable bonds is 4. The van der Waals surface area contributed by atoms with Crippen molar-refractivity contribution >= 4 is 25.8 Å². The van der Waals surface area contributed by atoms with Gasteiger partial charge < -0.3 is 10.5 Å². The van der Waals surface area contributed by atoms with Gasteiger partial charge in [-0.05, 0) is 17.7 Å². The predicted octanol–water partition coefficient (Wildman–Crippen LogP) is 1.26. The van der Waals surface area contributed by atoms with Crippen LogP contribution in [-0.4, -0.2) is 27.3 Å². The zero-order valence-corrected chi connectivity index (χ0v) is 11.7. The number of ether oxygens (including phenoxy) is 1. The van der Waals surface area contributed by atoms with Gasteiger partial charge in [0.25, 0.3) is 0 Å². The Morgan fingerprint density at radius 1 is 1.41 bits per heavy atom. The average Bonchev–Trinajstić information content (AvgIpc) is 2.64. The van der Waals surface area contributed by atoms with Gasteiger partial charge in [0.1, 0.15) is 5.75 Å². The van der Waals surface area contributed by atoms with Gasteiger partial charge in [-0.15, -0.1) is 0 Å². The molecule has 0 saturated heterocycles. The molecule has 17 heavy (non-hydrogen) atoms. The van der Waals surface area contributed by atoms with Crippen LogP contribution < -0.4 is 10.5 Å². The maximum Gasteiger partial charge on any atom is 0.155 e. The highest BCUT2D eigenvalue weighted by Crippen LogP contribution is 2.34. The van der Waals surface area contributed by atoms with Gasteiger partial charge in [-0.25, -0.2) is 8.42 Å². The summed E-state index contributed by atoms with van der Waals surface area (Å²) < 4.78 is 29.9. The standard InChI is InChI=1S/C11H14BrNO3S/c12-10-5-8-1-3-16-11(8)9(6-10)7-17(14,15)4-2-13/h5-6H,1-4,7,13H2. The van der Waals surface area contributed by atoms with Gasteiger partial charge in [0.05, 0.1) is 18.1 Å². The minimum atomic E-state index is -3.15. The van der Waals surface area contributed by atoms with Crippen molar-refractivity contribution in [2.24, 2.45) is 5.73 Å².